The van der Waals surface area contributed by atoms with Crippen molar-refractivity contribution in [3.05, 3.63) is 29.8 Å². The van der Waals surface area contributed by atoms with Crippen LogP contribution in [0.2, 0.25) is 0 Å². The molecule has 4 nitrogen and oxygen atoms in total. The Bertz CT molecular complexity index is 393. The number of benzene rings is 1. The van der Waals surface area contributed by atoms with Crippen molar-refractivity contribution in [3.8, 4) is 0 Å². The molecule has 5 heteroatoms. The Morgan fingerprint density at radius 1 is 1.31 bits per heavy atom. The molecule has 0 aliphatic rings. The van der Waals surface area contributed by atoms with Gasteiger partial charge in [-0.25, -0.2) is 0 Å². The van der Waals surface area contributed by atoms with Crippen LogP contribution in [-0.2, 0) is 0 Å². The zero-order chi connectivity index (χ0) is 12.0. The molecule has 1 aromatic carbocycles. The third-order valence-electron chi connectivity index (χ3n) is 1.88. The molecule has 0 aromatic heterocycles. The van der Waals surface area contributed by atoms with E-state index in [1.165, 1.54) is 0 Å². The minimum atomic E-state index is -0.184. The molecule has 0 unspecified atom stereocenters. The van der Waals surface area contributed by atoms with E-state index in [9.17, 15) is 9.59 Å². The van der Waals surface area contributed by atoms with E-state index in [1.807, 2.05) is 6.92 Å². The minimum absolute atomic E-state index is 0.158. The summed E-state index contributed by atoms with van der Waals surface area (Å²) >= 11 is 1.01. The van der Waals surface area contributed by atoms with Crippen LogP contribution in [0.25, 0.3) is 0 Å². The van der Waals surface area contributed by atoms with Gasteiger partial charge in [-0.2, -0.15) is 0 Å². The smallest absolute Gasteiger partial charge is 0.283 e. The van der Waals surface area contributed by atoms with Gasteiger partial charge in [-0.05, 0) is 30.8 Å². The van der Waals surface area contributed by atoms with Gasteiger partial charge in [0.25, 0.3) is 11.1 Å². The SMILES string of the molecule is CCNC(=O)c1ccccc1SC(=O)NC. The summed E-state index contributed by atoms with van der Waals surface area (Å²) in [6, 6.07) is 7.03. The van der Waals surface area contributed by atoms with Crippen molar-refractivity contribution in [2.75, 3.05) is 13.6 Å². The molecule has 0 atom stereocenters. The Labute approximate surface area is 98.8 Å². The van der Waals surface area contributed by atoms with Crippen molar-refractivity contribution < 1.29 is 9.59 Å². The molecule has 0 fully saturated rings. The van der Waals surface area contributed by atoms with Crippen molar-refractivity contribution in [1.82, 2.24) is 10.6 Å². The first-order valence-corrected chi connectivity index (χ1v) is 5.77. The van der Waals surface area contributed by atoms with Gasteiger partial charge in [0.15, 0.2) is 0 Å². The average Bonchev–Trinajstić information content (AvgIpc) is 2.30. The van der Waals surface area contributed by atoms with Gasteiger partial charge in [0.05, 0.1) is 5.56 Å². The molecule has 0 heterocycles. The van der Waals surface area contributed by atoms with Crippen molar-refractivity contribution >= 4 is 22.9 Å². The molecule has 0 radical (unpaired) electrons. The first-order chi connectivity index (χ1) is 7.69. The molecule has 1 rings (SSSR count). The van der Waals surface area contributed by atoms with Crippen LogP contribution in [0.1, 0.15) is 17.3 Å². The lowest BCUT2D eigenvalue weighted by Gasteiger charge is -2.07. The second-order valence-electron chi connectivity index (χ2n) is 3.00. The van der Waals surface area contributed by atoms with Crippen molar-refractivity contribution in [1.29, 1.82) is 0 Å². The van der Waals surface area contributed by atoms with Crippen molar-refractivity contribution in [2.45, 2.75) is 11.8 Å². The fourth-order valence-corrected chi connectivity index (χ4v) is 1.87. The van der Waals surface area contributed by atoms with E-state index in [4.69, 9.17) is 0 Å². The van der Waals surface area contributed by atoms with Crippen LogP contribution in [0.4, 0.5) is 4.79 Å². The number of hydrogen-bond acceptors (Lipinski definition) is 3. The third-order valence-corrected chi connectivity index (χ3v) is 2.84. The Hall–Kier alpha value is -1.49. The number of nitrogens with one attached hydrogen (secondary N) is 2. The molecule has 0 bridgehead atoms. The summed E-state index contributed by atoms with van der Waals surface area (Å²) in [6.07, 6.45) is 0. The Kier molecular flexibility index (Phi) is 4.85. The van der Waals surface area contributed by atoms with Gasteiger partial charge in [-0.1, -0.05) is 12.1 Å². The van der Waals surface area contributed by atoms with E-state index in [0.717, 1.165) is 11.8 Å². The zero-order valence-electron chi connectivity index (χ0n) is 9.24. The summed E-state index contributed by atoms with van der Waals surface area (Å²) < 4.78 is 0. The van der Waals surface area contributed by atoms with Gasteiger partial charge in [0.2, 0.25) is 0 Å². The van der Waals surface area contributed by atoms with E-state index in [0.29, 0.717) is 17.0 Å². The number of carbonyl (C=O) groups excluding carboxylic acids is 2. The lowest BCUT2D eigenvalue weighted by molar-refractivity contribution is 0.0953. The first-order valence-electron chi connectivity index (χ1n) is 4.95. The molecule has 0 saturated carbocycles. The van der Waals surface area contributed by atoms with E-state index in [-0.39, 0.29) is 11.1 Å². The number of thioether (sulfide) groups is 1. The molecule has 2 amide bonds. The van der Waals surface area contributed by atoms with E-state index in [2.05, 4.69) is 10.6 Å². The normalized spacial score (nSPS) is 9.62. The van der Waals surface area contributed by atoms with Crippen molar-refractivity contribution in [3.63, 3.8) is 0 Å². The van der Waals surface area contributed by atoms with E-state index >= 15 is 0 Å². The second-order valence-corrected chi connectivity index (χ2v) is 4.01. The number of carbonyl (C=O) groups is 2. The van der Waals surface area contributed by atoms with Crippen LogP contribution in [0.5, 0.6) is 0 Å². The summed E-state index contributed by atoms with van der Waals surface area (Å²) in [4.78, 5) is 23.6. The highest BCUT2D eigenvalue weighted by Gasteiger charge is 2.12. The van der Waals surface area contributed by atoms with Crippen LogP contribution in [0.3, 0.4) is 0 Å². The predicted octanol–water partition coefficient (Wildman–Crippen LogP) is 1.87. The molecule has 2 N–H and O–H groups in total. The Morgan fingerprint density at radius 2 is 2.00 bits per heavy atom. The summed E-state index contributed by atoms with van der Waals surface area (Å²) in [6.45, 7) is 2.42. The van der Waals surface area contributed by atoms with Crippen LogP contribution in [0, 0.1) is 0 Å². The summed E-state index contributed by atoms with van der Waals surface area (Å²) in [5, 5.41) is 5.03. The fourth-order valence-electron chi connectivity index (χ4n) is 1.15. The lowest BCUT2D eigenvalue weighted by Crippen LogP contribution is -2.23. The minimum Gasteiger partial charge on any atom is -0.352 e. The molecule has 0 spiro atoms. The molecule has 16 heavy (non-hydrogen) atoms. The second kappa shape index (κ2) is 6.17. The standard InChI is InChI=1S/C11H14N2O2S/c1-3-13-10(14)8-6-4-5-7-9(8)16-11(15)12-2/h4-7H,3H2,1-2H3,(H,12,15)(H,13,14). The van der Waals surface area contributed by atoms with Crippen LogP contribution < -0.4 is 10.6 Å². The first kappa shape index (κ1) is 12.6. The highest BCUT2D eigenvalue weighted by Crippen LogP contribution is 2.22. The number of amides is 2. The van der Waals surface area contributed by atoms with E-state index < -0.39 is 0 Å². The Balaban J connectivity index is 2.91. The summed E-state index contributed by atoms with van der Waals surface area (Å²) in [5.41, 5.74) is 0.526. The molecule has 86 valence electrons. The van der Waals surface area contributed by atoms with E-state index in [1.54, 1.807) is 31.3 Å². The molecule has 0 aliphatic carbocycles. The fraction of sp³-hybridized carbons (Fsp3) is 0.273. The maximum atomic E-state index is 11.7. The maximum Gasteiger partial charge on any atom is 0.283 e. The lowest BCUT2D eigenvalue weighted by atomic mass is 10.2. The summed E-state index contributed by atoms with van der Waals surface area (Å²) in [5.74, 6) is -0.158. The molecule has 0 aliphatic heterocycles. The van der Waals surface area contributed by atoms with Crippen LogP contribution in [0.15, 0.2) is 29.2 Å². The molecular weight excluding hydrogens is 224 g/mol. The Morgan fingerprint density at radius 3 is 2.62 bits per heavy atom. The van der Waals surface area contributed by atoms with Gasteiger partial charge >= 0.3 is 0 Å². The van der Waals surface area contributed by atoms with Gasteiger partial charge in [0, 0.05) is 18.5 Å². The van der Waals surface area contributed by atoms with Gasteiger partial charge < -0.3 is 10.6 Å². The highest BCUT2D eigenvalue weighted by molar-refractivity contribution is 8.13. The summed E-state index contributed by atoms with van der Waals surface area (Å²) in [7, 11) is 1.56. The molecule has 0 saturated heterocycles. The quantitative estimate of drug-likeness (QED) is 0.790. The monoisotopic (exact) mass is 238 g/mol. The van der Waals surface area contributed by atoms with Crippen molar-refractivity contribution in [2.24, 2.45) is 0 Å². The van der Waals surface area contributed by atoms with Crippen LogP contribution in [-0.4, -0.2) is 24.7 Å². The number of hydrogen-bond donors (Lipinski definition) is 2. The highest BCUT2D eigenvalue weighted by atomic mass is 32.2. The van der Waals surface area contributed by atoms with Gasteiger partial charge in [0.1, 0.15) is 0 Å². The topological polar surface area (TPSA) is 58.2 Å². The predicted molar refractivity (Wildman–Crippen MR) is 64.8 cm³/mol. The molecular formula is C11H14N2O2S. The zero-order valence-corrected chi connectivity index (χ0v) is 10.1. The van der Waals surface area contributed by atoms with Gasteiger partial charge in [-0.3, -0.25) is 9.59 Å². The van der Waals surface area contributed by atoms with Crippen LogP contribution >= 0.6 is 11.8 Å². The molecule has 1 aromatic rings. The third kappa shape index (κ3) is 3.27. The average molecular weight is 238 g/mol. The largest absolute Gasteiger partial charge is 0.352 e. The van der Waals surface area contributed by atoms with Gasteiger partial charge in [-0.15, -0.1) is 0 Å². The number of rotatable bonds is 3. The maximum absolute atomic E-state index is 11.7.